The fourth-order valence-corrected chi connectivity index (χ4v) is 4.45. The summed E-state index contributed by atoms with van der Waals surface area (Å²) < 4.78 is 43.0. The third kappa shape index (κ3) is 4.52. The van der Waals surface area contributed by atoms with E-state index in [2.05, 4.69) is 4.98 Å². The van der Waals surface area contributed by atoms with Crippen LogP contribution in [0.3, 0.4) is 0 Å². The van der Waals surface area contributed by atoms with Crippen LogP contribution in [0, 0.1) is 11.6 Å². The van der Waals surface area contributed by atoms with E-state index in [4.69, 9.17) is 17.3 Å². The fourth-order valence-electron chi connectivity index (χ4n) is 2.86. The number of pyridine rings is 1. The van der Waals surface area contributed by atoms with Crippen LogP contribution >= 0.6 is 11.6 Å². The Morgan fingerprint density at radius 1 is 1.14 bits per heavy atom. The Labute approximate surface area is 174 Å². The lowest BCUT2D eigenvalue weighted by molar-refractivity contribution is 0.0999. The highest BCUT2D eigenvalue weighted by atomic mass is 35.5. The maximum atomic E-state index is 14.9. The summed E-state index contributed by atoms with van der Waals surface area (Å²) in [7, 11) is -1.90. The second-order valence-electron chi connectivity index (χ2n) is 6.30. The first-order valence-electron chi connectivity index (χ1n) is 8.71. The highest BCUT2D eigenvalue weighted by Crippen LogP contribution is 2.35. The molecule has 2 unspecified atom stereocenters. The highest BCUT2D eigenvalue weighted by molar-refractivity contribution is 7.85. The van der Waals surface area contributed by atoms with E-state index >= 15 is 0 Å². The average molecular weight is 435 g/mol. The molecule has 0 saturated heterocycles. The van der Waals surface area contributed by atoms with Gasteiger partial charge >= 0.3 is 0 Å². The molecular weight excluding hydrogens is 418 g/mol. The van der Waals surface area contributed by atoms with Crippen molar-refractivity contribution in [2.75, 3.05) is 0 Å². The van der Waals surface area contributed by atoms with Gasteiger partial charge in [0, 0.05) is 21.7 Å². The van der Waals surface area contributed by atoms with Crippen LogP contribution in [0.1, 0.15) is 39.4 Å². The lowest BCUT2D eigenvalue weighted by Gasteiger charge is -2.19. The molecule has 0 fully saturated rings. The molecule has 1 aromatic heterocycles. The SMILES string of the molecule is CCc1ccc(F)c(C(c2ncc(C(N)=O)cc2F)S(=O)c2ccc(Cl)cc2)c1. The van der Waals surface area contributed by atoms with Gasteiger partial charge in [-0.15, -0.1) is 0 Å². The third-order valence-corrected chi connectivity index (χ3v) is 6.31. The summed E-state index contributed by atoms with van der Waals surface area (Å²) in [4.78, 5) is 15.6. The number of nitrogens with two attached hydrogens (primary N) is 1. The second kappa shape index (κ2) is 8.80. The van der Waals surface area contributed by atoms with E-state index in [1.54, 1.807) is 24.3 Å². The van der Waals surface area contributed by atoms with Crippen molar-refractivity contribution < 1.29 is 17.8 Å². The van der Waals surface area contributed by atoms with Crippen LogP contribution in [0.15, 0.2) is 59.6 Å². The van der Waals surface area contributed by atoms with Gasteiger partial charge in [-0.05, 0) is 48.4 Å². The van der Waals surface area contributed by atoms with E-state index in [1.807, 2.05) is 6.92 Å². The minimum atomic E-state index is -1.90. The lowest BCUT2D eigenvalue weighted by Crippen LogP contribution is -2.17. The van der Waals surface area contributed by atoms with Crippen LogP contribution in [0.5, 0.6) is 0 Å². The van der Waals surface area contributed by atoms with Crippen molar-refractivity contribution in [3.8, 4) is 0 Å². The molecule has 150 valence electrons. The van der Waals surface area contributed by atoms with Crippen molar-refractivity contribution >= 4 is 28.3 Å². The first-order valence-corrected chi connectivity index (χ1v) is 10.3. The van der Waals surface area contributed by atoms with E-state index in [0.29, 0.717) is 16.3 Å². The largest absolute Gasteiger partial charge is 0.366 e. The number of nitrogens with zero attached hydrogens (tertiary/aromatic N) is 1. The molecule has 3 rings (SSSR count). The van der Waals surface area contributed by atoms with Gasteiger partial charge in [0.1, 0.15) is 16.9 Å². The van der Waals surface area contributed by atoms with Crippen LogP contribution in [-0.2, 0) is 17.2 Å². The van der Waals surface area contributed by atoms with Crippen LogP contribution in [-0.4, -0.2) is 15.1 Å². The topological polar surface area (TPSA) is 73.0 Å². The number of primary amides is 1. The van der Waals surface area contributed by atoms with E-state index in [9.17, 15) is 17.8 Å². The molecular formula is C21H17ClF2N2O2S. The number of carbonyl (C=O) groups is 1. The standard InChI is InChI=1S/C21H17ClF2N2O2S/c1-2-12-3-8-17(23)16(9-12)20(29(28)15-6-4-14(22)5-7-15)19-18(24)10-13(11-26-19)21(25)27/h3-11,20H,2H2,1H3,(H2,25,27). The molecule has 29 heavy (non-hydrogen) atoms. The minimum absolute atomic E-state index is 0.0517. The van der Waals surface area contributed by atoms with E-state index in [-0.39, 0.29) is 16.8 Å². The summed E-state index contributed by atoms with van der Waals surface area (Å²) in [6.45, 7) is 1.89. The molecule has 2 aromatic carbocycles. The Hall–Kier alpha value is -2.64. The number of halogens is 3. The molecule has 0 bridgehead atoms. The molecule has 1 amide bonds. The van der Waals surface area contributed by atoms with Crippen LogP contribution in [0.4, 0.5) is 8.78 Å². The number of hydrogen-bond acceptors (Lipinski definition) is 3. The number of hydrogen-bond donors (Lipinski definition) is 1. The van der Waals surface area contributed by atoms with Gasteiger partial charge in [-0.1, -0.05) is 30.7 Å². The molecule has 0 spiro atoms. The van der Waals surface area contributed by atoms with E-state index in [0.717, 1.165) is 17.8 Å². The number of amides is 1. The molecule has 2 atom stereocenters. The molecule has 0 aliphatic heterocycles. The number of benzene rings is 2. The van der Waals surface area contributed by atoms with Crippen LogP contribution in [0.2, 0.25) is 5.02 Å². The van der Waals surface area contributed by atoms with Gasteiger partial charge in [-0.2, -0.15) is 0 Å². The van der Waals surface area contributed by atoms with Gasteiger partial charge in [0.15, 0.2) is 0 Å². The van der Waals surface area contributed by atoms with Crippen LogP contribution in [0.25, 0.3) is 0 Å². The monoisotopic (exact) mass is 434 g/mol. The number of aryl methyl sites for hydroxylation is 1. The van der Waals surface area contributed by atoms with Gasteiger partial charge in [-0.25, -0.2) is 8.78 Å². The highest BCUT2D eigenvalue weighted by Gasteiger charge is 2.30. The summed E-state index contributed by atoms with van der Waals surface area (Å²) in [6.07, 6.45) is 1.71. The van der Waals surface area contributed by atoms with Gasteiger partial charge in [0.05, 0.1) is 22.1 Å². The number of rotatable bonds is 6. The summed E-state index contributed by atoms with van der Waals surface area (Å²) in [5.41, 5.74) is 5.65. The zero-order valence-electron chi connectivity index (χ0n) is 15.4. The Balaban J connectivity index is 2.21. The van der Waals surface area contributed by atoms with Gasteiger partial charge < -0.3 is 5.73 Å². The van der Waals surface area contributed by atoms with Crippen molar-refractivity contribution in [1.82, 2.24) is 4.98 Å². The van der Waals surface area contributed by atoms with Gasteiger partial charge in [-0.3, -0.25) is 14.0 Å². The zero-order valence-corrected chi connectivity index (χ0v) is 16.9. The molecule has 4 nitrogen and oxygen atoms in total. The Morgan fingerprint density at radius 2 is 1.83 bits per heavy atom. The second-order valence-corrected chi connectivity index (χ2v) is 8.27. The van der Waals surface area contributed by atoms with Crippen molar-refractivity contribution in [2.24, 2.45) is 5.73 Å². The summed E-state index contributed by atoms with van der Waals surface area (Å²) in [5.74, 6) is -2.37. The molecule has 0 aliphatic carbocycles. The molecule has 0 radical (unpaired) electrons. The Bertz CT molecular complexity index is 1090. The third-order valence-electron chi connectivity index (χ3n) is 4.41. The maximum absolute atomic E-state index is 14.9. The Kier molecular flexibility index (Phi) is 6.39. The summed E-state index contributed by atoms with van der Waals surface area (Å²) in [6, 6.07) is 11.5. The van der Waals surface area contributed by atoms with Crippen LogP contribution < -0.4 is 5.73 Å². The Morgan fingerprint density at radius 3 is 2.41 bits per heavy atom. The van der Waals surface area contributed by atoms with Crippen molar-refractivity contribution in [3.05, 3.63) is 93.8 Å². The molecule has 0 saturated carbocycles. The van der Waals surface area contributed by atoms with Gasteiger partial charge in [0.2, 0.25) is 5.91 Å². The average Bonchev–Trinajstić information content (AvgIpc) is 2.70. The van der Waals surface area contributed by atoms with Crippen molar-refractivity contribution in [3.63, 3.8) is 0 Å². The number of carbonyl (C=O) groups excluding carboxylic acids is 1. The first kappa shape index (κ1) is 21.1. The van der Waals surface area contributed by atoms with Crippen molar-refractivity contribution in [1.29, 1.82) is 0 Å². The quantitative estimate of drug-likeness (QED) is 0.617. The lowest BCUT2D eigenvalue weighted by atomic mass is 10.0. The smallest absolute Gasteiger partial charge is 0.250 e. The molecule has 2 N–H and O–H groups in total. The van der Waals surface area contributed by atoms with E-state index in [1.165, 1.54) is 18.2 Å². The molecule has 3 aromatic rings. The van der Waals surface area contributed by atoms with E-state index < -0.39 is 33.6 Å². The first-order chi connectivity index (χ1) is 13.8. The predicted octanol–water partition coefficient (Wildman–Crippen LogP) is 4.57. The van der Waals surface area contributed by atoms with Crippen molar-refractivity contribution in [2.45, 2.75) is 23.5 Å². The fraction of sp³-hybridized carbons (Fsp3) is 0.143. The van der Waals surface area contributed by atoms with Gasteiger partial charge in [0.25, 0.3) is 0 Å². The summed E-state index contributed by atoms with van der Waals surface area (Å²) >= 11 is 5.89. The summed E-state index contributed by atoms with van der Waals surface area (Å²) in [5, 5.41) is -0.791. The molecule has 1 heterocycles. The molecule has 8 heteroatoms. The zero-order chi connectivity index (χ0) is 21.1. The predicted molar refractivity (Wildman–Crippen MR) is 108 cm³/mol. The normalized spacial score (nSPS) is 13.1. The number of aromatic nitrogens is 1. The maximum Gasteiger partial charge on any atom is 0.250 e. The molecule has 0 aliphatic rings. The minimum Gasteiger partial charge on any atom is -0.366 e.